The average molecular weight is 423 g/mol. The van der Waals surface area contributed by atoms with Crippen LogP contribution in [-0.2, 0) is 24.2 Å². The van der Waals surface area contributed by atoms with Gasteiger partial charge in [-0.3, -0.25) is 4.90 Å². The number of fused-ring (bicyclic) bond motifs is 3. The maximum Gasteiger partial charge on any atom is 0.410 e. The molecule has 2 bridgehead atoms. The van der Waals surface area contributed by atoms with Gasteiger partial charge in [-0.1, -0.05) is 30.3 Å². The van der Waals surface area contributed by atoms with Gasteiger partial charge in [-0.2, -0.15) is 0 Å². The molecular weight excluding hydrogens is 388 g/mol. The van der Waals surface area contributed by atoms with E-state index in [0.717, 1.165) is 51.7 Å². The van der Waals surface area contributed by atoms with Crippen LogP contribution in [0, 0.1) is 0 Å². The van der Waals surface area contributed by atoms with E-state index in [4.69, 9.17) is 9.72 Å². The van der Waals surface area contributed by atoms with Crippen LogP contribution in [0.4, 0.5) is 4.79 Å². The Morgan fingerprint density at radius 1 is 1.10 bits per heavy atom. The maximum absolute atomic E-state index is 12.8. The zero-order valence-corrected chi connectivity index (χ0v) is 19.0. The fourth-order valence-corrected chi connectivity index (χ4v) is 5.66. The first-order chi connectivity index (χ1) is 14.9. The highest BCUT2D eigenvalue weighted by atomic mass is 16.6. The number of benzene rings is 1. The van der Waals surface area contributed by atoms with Gasteiger partial charge in [0, 0.05) is 49.9 Å². The van der Waals surface area contributed by atoms with Crippen LogP contribution in [0.1, 0.15) is 69.4 Å². The van der Waals surface area contributed by atoms with Gasteiger partial charge in [0.25, 0.3) is 0 Å². The molecule has 2 fully saturated rings. The Balaban J connectivity index is 1.26. The summed E-state index contributed by atoms with van der Waals surface area (Å²) in [5.74, 6) is 0. The molecule has 6 nitrogen and oxygen atoms in total. The van der Waals surface area contributed by atoms with Crippen LogP contribution in [0.15, 0.2) is 36.7 Å². The minimum Gasteiger partial charge on any atom is -0.444 e. The standard InChI is InChI=1S/C25H34N4O2/c1-25(2,3)31-24(30)29-19-9-10-20(29)14-21(13-19)28-17-26-22-16-27(12-11-23(22)28)15-18-7-5-4-6-8-18/h4-8,17,19-21H,9-16H2,1-3H3/t19-,20+,21?. The van der Waals surface area contributed by atoms with Crippen LogP contribution in [0.25, 0.3) is 0 Å². The first-order valence-corrected chi connectivity index (χ1v) is 11.7. The van der Waals surface area contributed by atoms with E-state index in [-0.39, 0.29) is 18.2 Å². The van der Waals surface area contributed by atoms with E-state index in [0.29, 0.717) is 6.04 Å². The molecule has 5 rings (SSSR count). The van der Waals surface area contributed by atoms with Gasteiger partial charge in [-0.15, -0.1) is 0 Å². The van der Waals surface area contributed by atoms with Crippen molar-refractivity contribution in [3.05, 3.63) is 53.6 Å². The number of aromatic nitrogens is 2. The van der Waals surface area contributed by atoms with Crippen molar-refractivity contribution in [2.75, 3.05) is 6.54 Å². The zero-order chi connectivity index (χ0) is 21.6. The van der Waals surface area contributed by atoms with Crippen LogP contribution in [0.3, 0.4) is 0 Å². The molecule has 6 heteroatoms. The van der Waals surface area contributed by atoms with Crippen molar-refractivity contribution in [1.29, 1.82) is 0 Å². The summed E-state index contributed by atoms with van der Waals surface area (Å²) in [5.41, 5.74) is 3.54. The molecule has 0 radical (unpaired) electrons. The molecule has 166 valence electrons. The Bertz CT molecular complexity index is 919. The molecule has 2 saturated heterocycles. The quantitative estimate of drug-likeness (QED) is 0.728. The van der Waals surface area contributed by atoms with E-state index in [9.17, 15) is 4.79 Å². The molecule has 0 spiro atoms. The smallest absolute Gasteiger partial charge is 0.410 e. The molecule has 1 aromatic heterocycles. The second-order valence-electron chi connectivity index (χ2n) is 10.4. The van der Waals surface area contributed by atoms with Gasteiger partial charge in [0.1, 0.15) is 5.60 Å². The topological polar surface area (TPSA) is 50.6 Å². The van der Waals surface area contributed by atoms with Crippen molar-refractivity contribution in [1.82, 2.24) is 19.4 Å². The number of amides is 1. The van der Waals surface area contributed by atoms with Crippen LogP contribution in [0.5, 0.6) is 0 Å². The van der Waals surface area contributed by atoms with Crippen molar-refractivity contribution >= 4 is 6.09 Å². The van der Waals surface area contributed by atoms with Gasteiger partial charge >= 0.3 is 6.09 Å². The lowest BCUT2D eigenvalue weighted by Crippen LogP contribution is -2.49. The molecule has 31 heavy (non-hydrogen) atoms. The largest absolute Gasteiger partial charge is 0.444 e. The minimum atomic E-state index is -0.442. The molecule has 4 heterocycles. The molecule has 1 amide bonds. The average Bonchev–Trinajstić information content (AvgIpc) is 3.25. The monoisotopic (exact) mass is 422 g/mol. The molecule has 1 aromatic carbocycles. The number of carbonyl (C=O) groups is 1. The fraction of sp³-hybridized carbons (Fsp3) is 0.600. The summed E-state index contributed by atoms with van der Waals surface area (Å²) in [6.45, 7) is 8.79. The van der Waals surface area contributed by atoms with E-state index in [2.05, 4.69) is 46.1 Å². The Hall–Kier alpha value is -2.34. The predicted octanol–water partition coefficient (Wildman–Crippen LogP) is 4.54. The van der Waals surface area contributed by atoms with E-state index in [1.165, 1.54) is 17.0 Å². The molecule has 3 aliphatic rings. The summed E-state index contributed by atoms with van der Waals surface area (Å²) < 4.78 is 8.13. The first kappa shape index (κ1) is 20.6. The number of imidazole rings is 1. The van der Waals surface area contributed by atoms with Crippen LogP contribution in [0.2, 0.25) is 0 Å². The lowest BCUT2D eigenvalue weighted by atomic mass is 9.96. The maximum atomic E-state index is 12.8. The lowest BCUT2D eigenvalue weighted by molar-refractivity contribution is 0.00278. The van der Waals surface area contributed by atoms with Gasteiger partial charge in [-0.05, 0) is 52.0 Å². The first-order valence-electron chi connectivity index (χ1n) is 11.7. The Kier molecular flexibility index (Phi) is 5.29. The molecule has 3 atom stereocenters. The van der Waals surface area contributed by atoms with E-state index in [1.54, 1.807) is 0 Å². The second-order valence-corrected chi connectivity index (χ2v) is 10.4. The summed E-state index contributed by atoms with van der Waals surface area (Å²) in [6, 6.07) is 11.7. The molecule has 0 aliphatic carbocycles. The summed E-state index contributed by atoms with van der Waals surface area (Å²) in [4.78, 5) is 22.1. The van der Waals surface area contributed by atoms with Gasteiger partial charge in [0.05, 0.1) is 12.0 Å². The number of piperidine rings is 1. The SMILES string of the molecule is CC(C)(C)OC(=O)N1[C@@H]2CC[C@H]1CC(n1cnc3c1CCN(Cc1ccccc1)C3)C2. The van der Waals surface area contributed by atoms with Crippen molar-refractivity contribution in [3.63, 3.8) is 0 Å². The van der Waals surface area contributed by atoms with E-state index < -0.39 is 5.60 Å². The summed E-state index contributed by atoms with van der Waals surface area (Å²) in [6.07, 6.45) is 7.15. The highest BCUT2D eigenvalue weighted by molar-refractivity contribution is 5.69. The summed E-state index contributed by atoms with van der Waals surface area (Å²) in [5, 5.41) is 0. The number of hydrogen-bond donors (Lipinski definition) is 0. The highest BCUT2D eigenvalue weighted by Crippen LogP contribution is 2.42. The van der Waals surface area contributed by atoms with Crippen LogP contribution >= 0.6 is 0 Å². The Labute approximate surface area is 185 Å². The third-order valence-electron chi connectivity index (χ3n) is 6.98. The number of rotatable bonds is 3. The highest BCUT2D eigenvalue weighted by Gasteiger charge is 2.45. The van der Waals surface area contributed by atoms with Gasteiger partial charge < -0.3 is 14.2 Å². The Morgan fingerprint density at radius 3 is 2.48 bits per heavy atom. The number of hydrogen-bond acceptors (Lipinski definition) is 4. The normalized spacial score (nSPS) is 26.0. The van der Waals surface area contributed by atoms with Gasteiger partial charge in [0.2, 0.25) is 0 Å². The van der Waals surface area contributed by atoms with Crippen molar-refractivity contribution in [2.45, 2.75) is 89.7 Å². The second kappa shape index (κ2) is 7.97. The third-order valence-corrected chi connectivity index (χ3v) is 6.98. The lowest BCUT2D eigenvalue weighted by Gasteiger charge is -2.40. The number of nitrogens with zero attached hydrogens (tertiary/aromatic N) is 4. The number of carbonyl (C=O) groups excluding carboxylic acids is 1. The van der Waals surface area contributed by atoms with Crippen molar-refractivity contribution in [3.8, 4) is 0 Å². The summed E-state index contributed by atoms with van der Waals surface area (Å²) in [7, 11) is 0. The molecule has 0 saturated carbocycles. The van der Waals surface area contributed by atoms with Crippen LogP contribution < -0.4 is 0 Å². The molecule has 1 unspecified atom stereocenters. The number of ether oxygens (including phenoxy) is 1. The van der Waals surface area contributed by atoms with Gasteiger partial charge in [-0.25, -0.2) is 9.78 Å². The summed E-state index contributed by atoms with van der Waals surface area (Å²) >= 11 is 0. The molecule has 0 N–H and O–H groups in total. The van der Waals surface area contributed by atoms with Crippen LogP contribution in [-0.4, -0.2) is 49.7 Å². The van der Waals surface area contributed by atoms with Crippen molar-refractivity contribution < 1.29 is 9.53 Å². The Morgan fingerprint density at radius 2 is 1.81 bits per heavy atom. The third kappa shape index (κ3) is 4.22. The fourth-order valence-electron chi connectivity index (χ4n) is 5.66. The molecule has 3 aliphatic heterocycles. The predicted molar refractivity (Wildman–Crippen MR) is 120 cm³/mol. The van der Waals surface area contributed by atoms with E-state index in [1.807, 2.05) is 25.7 Å². The van der Waals surface area contributed by atoms with E-state index >= 15 is 0 Å². The zero-order valence-electron chi connectivity index (χ0n) is 19.0. The molecular formula is C25H34N4O2. The van der Waals surface area contributed by atoms with Crippen molar-refractivity contribution in [2.24, 2.45) is 0 Å². The minimum absolute atomic E-state index is 0.136. The van der Waals surface area contributed by atoms with Gasteiger partial charge in [0.15, 0.2) is 0 Å². The molecule has 2 aromatic rings.